The van der Waals surface area contributed by atoms with E-state index in [1.165, 1.54) is 0 Å². The molecule has 0 fully saturated rings. The monoisotopic (exact) mass is 202 g/mol. The number of carbonyl (C=O) groups is 1. The number of ether oxygens (including phenoxy) is 1. The highest BCUT2D eigenvalue weighted by Crippen LogP contribution is 2.44. The number of hydrogen-bond acceptors (Lipinski definition) is 3. The molecule has 0 amide bonds. The van der Waals surface area contributed by atoms with Crippen LogP contribution in [0.5, 0.6) is 0 Å². The Hall–Kier alpha value is -0.740. The molecule has 0 bridgehead atoms. The Morgan fingerprint density at radius 2 is 2.15 bits per heavy atom. The van der Waals surface area contributed by atoms with Gasteiger partial charge < -0.3 is 9.30 Å². The fraction of sp³-hybridized carbons (Fsp3) is 0.667. The molecule has 0 aliphatic rings. The molecule has 0 aliphatic carbocycles. The zero-order valence-electron chi connectivity index (χ0n) is 8.24. The van der Waals surface area contributed by atoms with E-state index < -0.39 is 18.8 Å². The lowest BCUT2D eigenvalue weighted by atomic mass is 10.3. The van der Waals surface area contributed by atoms with Crippen molar-refractivity contribution in [3.8, 4) is 12.3 Å². The predicted octanol–water partition coefficient (Wildman–Crippen LogP) is 1.56. The molecule has 0 spiro atoms. The van der Waals surface area contributed by atoms with Crippen LogP contribution in [-0.4, -0.2) is 31.6 Å². The number of terminal acetylenes is 1. The first-order chi connectivity index (χ1) is 5.93. The fourth-order valence-electron chi connectivity index (χ4n) is 1.07. The summed E-state index contributed by atoms with van der Waals surface area (Å²) >= 11 is 0. The van der Waals surface area contributed by atoms with Crippen LogP contribution in [0.25, 0.3) is 0 Å². The lowest BCUT2D eigenvalue weighted by molar-refractivity contribution is -0.141. The zero-order valence-corrected chi connectivity index (χ0v) is 9.14. The van der Waals surface area contributed by atoms with Gasteiger partial charge in [0.25, 0.3) is 0 Å². The van der Waals surface area contributed by atoms with Gasteiger partial charge in [0.1, 0.15) is 5.66 Å². The summed E-state index contributed by atoms with van der Waals surface area (Å²) in [5, 5.41) is 0. The molecule has 0 N–H and O–H groups in total. The van der Waals surface area contributed by atoms with Gasteiger partial charge >= 0.3 is 5.97 Å². The minimum atomic E-state index is -2.42. The number of carbonyl (C=O) groups excluding carboxylic acids is 1. The van der Waals surface area contributed by atoms with Crippen molar-refractivity contribution in [3.05, 3.63) is 0 Å². The first-order valence-electron chi connectivity index (χ1n) is 4.08. The quantitative estimate of drug-likeness (QED) is 0.395. The molecule has 3 nitrogen and oxygen atoms in total. The molecule has 74 valence electrons. The van der Waals surface area contributed by atoms with E-state index >= 15 is 0 Å². The summed E-state index contributed by atoms with van der Waals surface area (Å²) in [4.78, 5) is 11.3. The van der Waals surface area contributed by atoms with Crippen LogP contribution >= 0.6 is 7.14 Å². The van der Waals surface area contributed by atoms with Crippen LogP contribution in [0.15, 0.2) is 0 Å². The van der Waals surface area contributed by atoms with Crippen LogP contribution in [-0.2, 0) is 14.1 Å². The van der Waals surface area contributed by atoms with Crippen LogP contribution in [0.4, 0.5) is 0 Å². The van der Waals surface area contributed by atoms with Crippen molar-refractivity contribution in [1.29, 1.82) is 0 Å². The van der Waals surface area contributed by atoms with Crippen molar-refractivity contribution in [2.24, 2.45) is 0 Å². The van der Waals surface area contributed by atoms with E-state index in [9.17, 15) is 9.36 Å². The van der Waals surface area contributed by atoms with Gasteiger partial charge in [0.05, 0.1) is 7.14 Å². The zero-order chi connectivity index (χ0) is 10.5. The third-order valence-corrected chi connectivity index (χ3v) is 3.78. The van der Waals surface area contributed by atoms with E-state index in [-0.39, 0.29) is 6.61 Å². The third kappa shape index (κ3) is 4.15. The Morgan fingerprint density at radius 3 is 2.46 bits per heavy atom. The molecular weight excluding hydrogens is 187 g/mol. The maximum absolute atomic E-state index is 11.6. The molecule has 0 aliphatic heterocycles. The van der Waals surface area contributed by atoms with Crippen molar-refractivity contribution in [3.63, 3.8) is 0 Å². The Bertz CT molecular complexity index is 259. The molecule has 0 rings (SSSR count). The summed E-state index contributed by atoms with van der Waals surface area (Å²) in [6.07, 6.45) is 5.45. The second-order valence-corrected chi connectivity index (χ2v) is 6.66. The second-order valence-electron chi connectivity index (χ2n) is 3.17. The molecule has 0 aromatic rings. The largest absolute Gasteiger partial charge is 0.452 e. The van der Waals surface area contributed by atoms with Gasteiger partial charge in [-0.25, -0.2) is 0 Å². The maximum atomic E-state index is 11.6. The highest BCUT2D eigenvalue weighted by Gasteiger charge is 2.29. The van der Waals surface area contributed by atoms with E-state index in [0.717, 1.165) is 0 Å². The van der Waals surface area contributed by atoms with Gasteiger partial charge in [-0.15, -0.1) is 6.42 Å². The SMILES string of the molecule is C#CCOC(=O)C(CC)P(C)(C)=O. The van der Waals surface area contributed by atoms with Crippen LogP contribution in [0.3, 0.4) is 0 Å². The molecule has 0 aromatic carbocycles. The molecule has 13 heavy (non-hydrogen) atoms. The highest BCUT2D eigenvalue weighted by molar-refractivity contribution is 7.64. The maximum Gasteiger partial charge on any atom is 0.317 e. The smallest absolute Gasteiger partial charge is 0.317 e. The summed E-state index contributed by atoms with van der Waals surface area (Å²) < 4.78 is 16.3. The Kier molecular flexibility index (Phi) is 4.80. The Morgan fingerprint density at radius 1 is 1.62 bits per heavy atom. The minimum absolute atomic E-state index is 0.0463. The summed E-state index contributed by atoms with van der Waals surface area (Å²) in [5.74, 6) is 1.75. The molecule has 0 saturated carbocycles. The first-order valence-corrected chi connectivity index (χ1v) is 6.75. The van der Waals surface area contributed by atoms with E-state index in [1.807, 2.05) is 0 Å². The molecule has 1 atom stereocenters. The van der Waals surface area contributed by atoms with Crippen LogP contribution in [0, 0.1) is 12.3 Å². The van der Waals surface area contributed by atoms with E-state index in [2.05, 4.69) is 5.92 Å². The van der Waals surface area contributed by atoms with Gasteiger partial charge in [-0.3, -0.25) is 4.79 Å². The van der Waals surface area contributed by atoms with Crippen molar-refractivity contribution in [2.45, 2.75) is 19.0 Å². The summed E-state index contributed by atoms with van der Waals surface area (Å²) in [6, 6.07) is 0. The Labute approximate surface area is 79.2 Å². The number of esters is 1. The van der Waals surface area contributed by atoms with Crippen molar-refractivity contribution in [1.82, 2.24) is 0 Å². The van der Waals surface area contributed by atoms with Gasteiger partial charge in [-0.05, 0) is 19.8 Å². The normalized spacial score (nSPS) is 13.1. The molecule has 1 unspecified atom stereocenters. The Balaban J connectivity index is 4.35. The van der Waals surface area contributed by atoms with Gasteiger partial charge in [-0.2, -0.15) is 0 Å². The third-order valence-electron chi connectivity index (χ3n) is 1.71. The highest BCUT2D eigenvalue weighted by atomic mass is 31.2. The minimum Gasteiger partial charge on any atom is -0.452 e. The average molecular weight is 202 g/mol. The van der Waals surface area contributed by atoms with Crippen LogP contribution < -0.4 is 0 Å². The molecule has 0 heterocycles. The average Bonchev–Trinajstić information content (AvgIpc) is 1.99. The first kappa shape index (κ1) is 12.3. The molecular formula is C9H15O3P. The van der Waals surface area contributed by atoms with E-state index in [1.54, 1.807) is 20.3 Å². The van der Waals surface area contributed by atoms with E-state index in [0.29, 0.717) is 6.42 Å². The second kappa shape index (κ2) is 5.09. The topological polar surface area (TPSA) is 43.4 Å². The fourth-order valence-corrected chi connectivity index (χ4v) is 2.53. The summed E-state index contributed by atoms with van der Waals surface area (Å²) in [7, 11) is -2.42. The van der Waals surface area contributed by atoms with Crippen LogP contribution in [0.1, 0.15) is 13.3 Å². The summed E-state index contributed by atoms with van der Waals surface area (Å²) in [5.41, 5.74) is -0.513. The molecule has 0 aromatic heterocycles. The van der Waals surface area contributed by atoms with Crippen molar-refractivity contribution in [2.75, 3.05) is 19.9 Å². The summed E-state index contributed by atoms with van der Waals surface area (Å²) in [6.45, 7) is 4.92. The van der Waals surface area contributed by atoms with Gasteiger partial charge in [0.15, 0.2) is 6.61 Å². The van der Waals surface area contributed by atoms with Gasteiger partial charge in [0, 0.05) is 0 Å². The number of rotatable bonds is 4. The standard InChI is InChI=1S/C9H15O3P/c1-5-7-12-9(10)8(6-2)13(3,4)11/h1,8H,6-7H2,2-4H3. The van der Waals surface area contributed by atoms with Crippen molar-refractivity contribution >= 4 is 13.1 Å². The van der Waals surface area contributed by atoms with Crippen molar-refractivity contribution < 1.29 is 14.1 Å². The molecule has 0 radical (unpaired) electrons. The van der Waals surface area contributed by atoms with E-state index in [4.69, 9.17) is 11.2 Å². The number of hydrogen-bond donors (Lipinski definition) is 0. The van der Waals surface area contributed by atoms with Gasteiger partial charge in [-0.1, -0.05) is 12.8 Å². The predicted molar refractivity (Wildman–Crippen MR) is 53.3 cm³/mol. The molecule has 0 saturated heterocycles. The van der Waals surface area contributed by atoms with Crippen LogP contribution in [0.2, 0.25) is 0 Å². The van der Waals surface area contributed by atoms with Gasteiger partial charge in [0.2, 0.25) is 0 Å². The lowest BCUT2D eigenvalue weighted by Gasteiger charge is -2.17. The lowest BCUT2D eigenvalue weighted by Crippen LogP contribution is -2.22. The molecule has 4 heteroatoms.